The summed E-state index contributed by atoms with van der Waals surface area (Å²) in [6, 6.07) is 2.15. The maximum atomic E-state index is 11.8. The maximum Gasteiger partial charge on any atom is 0.338 e. The van der Waals surface area contributed by atoms with E-state index in [2.05, 4.69) is 0 Å². The van der Waals surface area contributed by atoms with Gasteiger partial charge in [0.05, 0.1) is 10.6 Å². The van der Waals surface area contributed by atoms with Gasteiger partial charge in [-0.2, -0.15) is 0 Å². The van der Waals surface area contributed by atoms with Crippen molar-refractivity contribution in [3.63, 3.8) is 0 Å². The van der Waals surface area contributed by atoms with Crippen LogP contribution in [0.3, 0.4) is 0 Å². The minimum absolute atomic E-state index is 0.168. The number of primary amides is 1. The number of esters is 1. The molecule has 9 nitrogen and oxygen atoms in total. The lowest BCUT2D eigenvalue weighted by atomic mass is 10.2. The summed E-state index contributed by atoms with van der Waals surface area (Å²) in [5.74, 6) is -1.94. The Bertz CT molecular complexity index is 733. The Hall–Kier alpha value is -2.17. The largest absolute Gasteiger partial charge is 0.449 e. The van der Waals surface area contributed by atoms with Gasteiger partial charge in [0, 0.05) is 0 Å². The summed E-state index contributed by atoms with van der Waals surface area (Å²) < 4.78 is 27.4. The van der Waals surface area contributed by atoms with Gasteiger partial charge in [-0.1, -0.05) is 11.6 Å². The minimum atomic E-state index is -4.13. The van der Waals surface area contributed by atoms with Crippen LogP contribution in [0.4, 0.5) is 4.79 Å². The molecule has 0 fully saturated rings. The van der Waals surface area contributed by atoms with Crippen LogP contribution in [0.2, 0.25) is 5.02 Å². The average molecular weight is 350 g/mol. The molecule has 11 heteroatoms. The third kappa shape index (κ3) is 4.69. The Kier molecular flexibility index (Phi) is 5.47. The predicted molar refractivity (Wildman–Crippen MR) is 75.4 cm³/mol. The number of urea groups is 1. The fourth-order valence-corrected chi connectivity index (χ4v) is 2.42. The van der Waals surface area contributed by atoms with Crippen molar-refractivity contribution in [3.05, 3.63) is 28.8 Å². The third-order valence-corrected chi connectivity index (χ3v) is 3.77. The molecule has 1 aromatic carbocycles. The fourth-order valence-electron chi connectivity index (χ4n) is 1.35. The van der Waals surface area contributed by atoms with E-state index in [4.69, 9.17) is 27.2 Å². The first-order valence-electron chi connectivity index (χ1n) is 5.66. The average Bonchev–Trinajstić information content (AvgIpc) is 2.36. The Labute approximate surface area is 130 Å². The van der Waals surface area contributed by atoms with Crippen LogP contribution >= 0.6 is 11.6 Å². The number of benzene rings is 1. The van der Waals surface area contributed by atoms with E-state index in [9.17, 15) is 22.8 Å². The van der Waals surface area contributed by atoms with Gasteiger partial charge in [0.15, 0.2) is 6.10 Å². The third-order valence-electron chi connectivity index (χ3n) is 2.37. The molecule has 1 aromatic rings. The Morgan fingerprint density at radius 1 is 1.32 bits per heavy atom. The lowest BCUT2D eigenvalue weighted by Crippen LogP contribution is -2.42. The molecule has 0 aliphatic heterocycles. The molecule has 0 unspecified atom stereocenters. The van der Waals surface area contributed by atoms with Crippen molar-refractivity contribution < 1.29 is 27.5 Å². The van der Waals surface area contributed by atoms with Gasteiger partial charge in [-0.15, -0.1) is 0 Å². The molecular formula is C11H12ClN3O6S. The van der Waals surface area contributed by atoms with Gasteiger partial charge >= 0.3 is 12.0 Å². The lowest BCUT2D eigenvalue weighted by molar-refractivity contribution is -0.127. The van der Waals surface area contributed by atoms with Gasteiger partial charge in [0.2, 0.25) is 10.0 Å². The van der Waals surface area contributed by atoms with Crippen LogP contribution in [0.25, 0.3) is 0 Å². The molecule has 0 heterocycles. The highest BCUT2D eigenvalue weighted by Gasteiger charge is 2.22. The zero-order valence-electron chi connectivity index (χ0n) is 11.2. The fraction of sp³-hybridized carbons (Fsp3) is 0.182. The number of carbonyl (C=O) groups excluding carboxylic acids is 3. The van der Waals surface area contributed by atoms with Crippen LogP contribution in [0.15, 0.2) is 23.1 Å². The molecule has 0 aliphatic rings. The van der Waals surface area contributed by atoms with Crippen molar-refractivity contribution in [2.24, 2.45) is 10.9 Å². The van der Waals surface area contributed by atoms with E-state index in [0.717, 1.165) is 12.1 Å². The minimum Gasteiger partial charge on any atom is -0.449 e. The van der Waals surface area contributed by atoms with E-state index >= 15 is 0 Å². The number of primary sulfonamides is 1. The number of imide groups is 1. The van der Waals surface area contributed by atoms with E-state index in [0.29, 0.717) is 0 Å². The Balaban J connectivity index is 2.96. The molecule has 0 radical (unpaired) electrons. The normalized spacial score (nSPS) is 12.3. The summed E-state index contributed by atoms with van der Waals surface area (Å²) in [6.45, 7) is 1.20. The molecule has 0 bridgehead atoms. The second-order valence-electron chi connectivity index (χ2n) is 4.09. The summed E-state index contributed by atoms with van der Waals surface area (Å²) >= 11 is 5.67. The molecule has 1 atom stereocenters. The number of sulfonamides is 1. The first-order chi connectivity index (χ1) is 10.0. The van der Waals surface area contributed by atoms with Crippen molar-refractivity contribution in [2.45, 2.75) is 17.9 Å². The van der Waals surface area contributed by atoms with Crippen LogP contribution in [0.5, 0.6) is 0 Å². The second-order valence-corrected chi connectivity index (χ2v) is 6.03. The van der Waals surface area contributed by atoms with Crippen molar-refractivity contribution >= 4 is 39.5 Å². The van der Waals surface area contributed by atoms with E-state index in [-0.39, 0.29) is 10.6 Å². The number of rotatable bonds is 4. The maximum absolute atomic E-state index is 11.8. The summed E-state index contributed by atoms with van der Waals surface area (Å²) in [5.41, 5.74) is 4.56. The molecular weight excluding hydrogens is 338 g/mol. The van der Waals surface area contributed by atoms with Crippen molar-refractivity contribution in [1.29, 1.82) is 0 Å². The van der Waals surface area contributed by atoms with Crippen LogP contribution in [0.1, 0.15) is 17.3 Å². The molecule has 0 aromatic heterocycles. The summed E-state index contributed by atoms with van der Waals surface area (Å²) in [6.07, 6.45) is -1.33. The first-order valence-corrected chi connectivity index (χ1v) is 7.58. The molecule has 120 valence electrons. The van der Waals surface area contributed by atoms with Gasteiger partial charge < -0.3 is 10.5 Å². The van der Waals surface area contributed by atoms with Gasteiger partial charge in [-0.3, -0.25) is 10.1 Å². The highest BCUT2D eigenvalue weighted by atomic mass is 35.5. The predicted octanol–water partition coefficient (Wildman–Crippen LogP) is -0.272. The molecule has 0 spiro atoms. The van der Waals surface area contributed by atoms with Gasteiger partial charge in [-0.25, -0.2) is 23.1 Å². The number of hydrogen-bond donors (Lipinski definition) is 3. The number of hydrogen-bond acceptors (Lipinski definition) is 6. The van der Waals surface area contributed by atoms with E-state index in [1.165, 1.54) is 13.0 Å². The molecule has 0 saturated carbocycles. The van der Waals surface area contributed by atoms with Gasteiger partial charge in [0.1, 0.15) is 4.90 Å². The number of amides is 3. The van der Waals surface area contributed by atoms with E-state index < -0.39 is 38.9 Å². The summed E-state index contributed by atoms with van der Waals surface area (Å²) in [5, 5.41) is 6.51. The van der Waals surface area contributed by atoms with Crippen LogP contribution < -0.4 is 16.2 Å². The SMILES string of the molecule is C[C@H](OC(=O)c1ccc(Cl)c(S(N)(=O)=O)c1)C(=O)NC(N)=O. The monoisotopic (exact) mass is 349 g/mol. The van der Waals surface area contributed by atoms with Crippen LogP contribution in [-0.4, -0.2) is 32.4 Å². The number of halogens is 1. The molecule has 3 amide bonds. The lowest BCUT2D eigenvalue weighted by Gasteiger charge is -2.12. The zero-order chi connectivity index (χ0) is 17.1. The van der Waals surface area contributed by atoms with Crippen LogP contribution in [0, 0.1) is 0 Å². The highest BCUT2D eigenvalue weighted by molar-refractivity contribution is 7.89. The number of nitrogens with two attached hydrogens (primary N) is 2. The molecule has 0 saturated heterocycles. The highest BCUT2D eigenvalue weighted by Crippen LogP contribution is 2.22. The quantitative estimate of drug-likeness (QED) is 0.634. The van der Waals surface area contributed by atoms with Crippen molar-refractivity contribution in [1.82, 2.24) is 5.32 Å². The van der Waals surface area contributed by atoms with E-state index in [1.54, 1.807) is 5.32 Å². The first kappa shape index (κ1) is 17.9. The molecule has 22 heavy (non-hydrogen) atoms. The molecule has 1 rings (SSSR count). The Morgan fingerprint density at radius 3 is 2.41 bits per heavy atom. The topological polar surface area (TPSA) is 159 Å². The van der Waals surface area contributed by atoms with Gasteiger partial charge in [-0.05, 0) is 25.1 Å². The smallest absolute Gasteiger partial charge is 0.338 e. The molecule has 5 N–H and O–H groups in total. The Morgan fingerprint density at radius 2 is 1.91 bits per heavy atom. The summed E-state index contributed by atoms with van der Waals surface area (Å²) in [7, 11) is -4.13. The van der Waals surface area contributed by atoms with E-state index in [1.807, 2.05) is 0 Å². The number of carbonyl (C=O) groups is 3. The zero-order valence-corrected chi connectivity index (χ0v) is 12.8. The molecule has 0 aliphatic carbocycles. The number of ether oxygens (including phenoxy) is 1. The summed E-state index contributed by atoms with van der Waals surface area (Å²) in [4.78, 5) is 33.3. The van der Waals surface area contributed by atoms with Crippen LogP contribution in [-0.2, 0) is 19.6 Å². The van der Waals surface area contributed by atoms with Gasteiger partial charge in [0.25, 0.3) is 5.91 Å². The number of nitrogens with one attached hydrogen (secondary N) is 1. The second kappa shape index (κ2) is 6.73. The van der Waals surface area contributed by atoms with Crippen molar-refractivity contribution in [3.8, 4) is 0 Å². The standard InChI is InChI=1S/C11H12ClN3O6S/c1-5(9(16)15-11(13)18)21-10(17)6-2-3-7(12)8(4-6)22(14,19)20/h2-5H,1H3,(H2,14,19,20)(H3,13,15,16,18)/t5-/m0/s1. The van der Waals surface area contributed by atoms with Crippen molar-refractivity contribution in [2.75, 3.05) is 0 Å².